The molecular weight excluding hydrogens is 292 g/mol. The first-order chi connectivity index (χ1) is 8.60. The third-order valence-electron chi connectivity index (χ3n) is 2.57. The van der Waals surface area contributed by atoms with E-state index in [0.717, 1.165) is 21.5 Å². The fraction of sp³-hybridized carbons (Fsp3) is 0.231. The van der Waals surface area contributed by atoms with Gasteiger partial charge in [0.1, 0.15) is 5.82 Å². The van der Waals surface area contributed by atoms with Crippen LogP contribution < -0.4 is 10.6 Å². The molecule has 0 amide bonds. The molecular formula is C13H15BrN4. The topological polar surface area (TPSA) is 49.8 Å². The number of hydrogen-bond acceptors (Lipinski definition) is 4. The van der Waals surface area contributed by atoms with Crippen LogP contribution in [-0.4, -0.2) is 17.0 Å². The lowest BCUT2D eigenvalue weighted by atomic mass is 10.2. The molecule has 0 aliphatic rings. The molecule has 2 rings (SSSR count). The maximum absolute atomic E-state index is 4.40. The lowest BCUT2D eigenvalue weighted by Crippen LogP contribution is -2.02. The van der Waals surface area contributed by atoms with Gasteiger partial charge < -0.3 is 10.6 Å². The molecule has 0 atom stereocenters. The molecule has 0 fully saturated rings. The summed E-state index contributed by atoms with van der Waals surface area (Å²) in [5.74, 6) is 1.41. The van der Waals surface area contributed by atoms with Crippen molar-refractivity contribution in [2.75, 3.05) is 17.7 Å². The van der Waals surface area contributed by atoms with Gasteiger partial charge in [0.15, 0.2) is 0 Å². The monoisotopic (exact) mass is 306 g/mol. The number of benzene rings is 1. The van der Waals surface area contributed by atoms with Crippen LogP contribution in [0, 0.1) is 13.8 Å². The van der Waals surface area contributed by atoms with Crippen LogP contribution in [0.3, 0.4) is 0 Å². The van der Waals surface area contributed by atoms with Crippen LogP contribution in [-0.2, 0) is 0 Å². The SMILES string of the molecule is CNc1ncc(C)c(Nc2ccc(C)cc2Br)n1. The molecule has 94 valence electrons. The summed E-state index contributed by atoms with van der Waals surface area (Å²) in [5.41, 5.74) is 3.20. The number of aromatic nitrogens is 2. The van der Waals surface area contributed by atoms with Gasteiger partial charge in [0.2, 0.25) is 5.95 Å². The number of nitrogens with one attached hydrogen (secondary N) is 2. The normalized spacial score (nSPS) is 10.2. The standard InChI is InChI=1S/C13H15BrN4/c1-8-4-5-11(10(14)6-8)17-12-9(2)7-16-13(15-3)18-12/h4-7H,1-3H3,(H2,15,16,17,18). The molecule has 1 aromatic carbocycles. The van der Waals surface area contributed by atoms with Crippen LogP contribution in [0.25, 0.3) is 0 Å². The summed E-state index contributed by atoms with van der Waals surface area (Å²) in [7, 11) is 1.80. The second kappa shape index (κ2) is 5.35. The highest BCUT2D eigenvalue weighted by atomic mass is 79.9. The van der Waals surface area contributed by atoms with Gasteiger partial charge in [0.05, 0.1) is 5.69 Å². The summed E-state index contributed by atoms with van der Waals surface area (Å²) in [4.78, 5) is 8.56. The minimum atomic E-state index is 0.603. The van der Waals surface area contributed by atoms with Crippen LogP contribution in [0.4, 0.5) is 17.5 Å². The molecule has 2 N–H and O–H groups in total. The van der Waals surface area contributed by atoms with Crippen LogP contribution in [0.15, 0.2) is 28.9 Å². The fourth-order valence-electron chi connectivity index (χ4n) is 1.54. The average Bonchev–Trinajstić information content (AvgIpc) is 2.35. The van der Waals surface area contributed by atoms with Gasteiger partial charge in [-0.1, -0.05) is 6.07 Å². The van der Waals surface area contributed by atoms with Gasteiger partial charge in [-0.2, -0.15) is 4.98 Å². The van der Waals surface area contributed by atoms with Gasteiger partial charge in [-0.3, -0.25) is 0 Å². The molecule has 0 spiro atoms. The van der Waals surface area contributed by atoms with Crippen LogP contribution in [0.5, 0.6) is 0 Å². The van der Waals surface area contributed by atoms with Crippen molar-refractivity contribution in [3.05, 3.63) is 40.0 Å². The second-order valence-corrected chi connectivity index (χ2v) is 4.94. The highest BCUT2D eigenvalue weighted by molar-refractivity contribution is 9.10. The zero-order valence-electron chi connectivity index (χ0n) is 10.6. The first-order valence-corrected chi connectivity index (χ1v) is 6.44. The summed E-state index contributed by atoms with van der Waals surface area (Å²) in [6.07, 6.45) is 1.79. The van der Waals surface area contributed by atoms with Crippen molar-refractivity contribution in [1.29, 1.82) is 0 Å². The lowest BCUT2D eigenvalue weighted by molar-refractivity contribution is 1.12. The van der Waals surface area contributed by atoms with Crippen molar-refractivity contribution in [3.8, 4) is 0 Å². The Balaban J connectivity index is 2.33. The molecule has 0 saturated heterocycles. The van der Waals surface area contributed by atoms with E-state index in [1.807, 2.05) is 13.0 Å². The van der Waals surface area contributed by atoms with Crippen LogP contribution >= 0.6 is 15.9 Å². The molecule has 0 aliphatic carbocycles. The second-order valence-electron chi connectivity index (χ2n) is 4.08. The smallest absolute Gasteiger partial charge is 0.224 e. The number of aryl methyl sites for hydroxylation is 2. The van der Waals surface area contributed by atoms with E-state index in [-0.39, 0.29) is 0 Å². The Bertz CT molecular complexity index is 569. The number of rotatable bonds is 3. The van der Waals surface area contributed by atoms with E-state index < -0.39 is 0 Å². The van der Waals surface area contributed by atoms with Gasteiger partial charge in [0.25, 0.3) is 0 Å². The van der Waals surface area contributed by atoms with Crippen molar-refractivity contribution in [3.63, 3.8) is 0 Å². The van der Waals surface area contributed by atoms with Crippen molar-refractivity contribution in [2.45, 2.75) is 13.8 Å². The Morgan fingerprint density at radius 3 is 2.67 bits per heavy atom. The van der Waals surface area contributed by atoms with E-state index in [0.29, 0.717) is 5.95 Å². The van der Waals surface area contributed by atoms with E-state index in [4.69, 9.17) is 0 Å². The van der Waals surface area contributed by atoms with Crippen molar-refractivity contribution in [2.24, 2.45) is 0 Å². The average molecular weight is 307 g/mol. The minimum absolute atomic E-state index is 0.603. The first kappa shape index (κ1) is 12.8. The molecule has 0 radical (unpaired) electrons. The Hall–Kier alpha value is -1.62. The lowest BCUT2D eigenvalue weighted by Gasteiger charge is -2.11. The predicted octanol–water partition coefficient (Wildman–Crippen LogP) is 3.64. The largest absolute Gasteiger partial charge is 0.357 e. The number of nitrogens with zero attached hydrogens (tertiary/aromatic N) is 2. The molecule has 0 unspecified atom stereocenters. The summed E-state index contributed by atoms with van der Waals surface area (Å²) in [6.45, 7) is 4.04. The highest BCUT2D eigenvalue weighted by Gasteiger charge is 2.06. The molecule has 1 aromatic heterocycles. The first-order valence-electron chi connectivity index (χ1n) is 5.64. The number of halogens is 1. The zero-order valence-corrected chi connectivity index (χ0v) is 12.2. The van der Waals surface area contributed by atoms with E-state index in [1.165, 1.54) is 5.56 Å². The molecule has 0 bridgehead atoms. The summed E-state index contributed by atoms with van der Waals surface area (Å²) in [6, 6.07) is 6.15. The van der Waals surface area contributed by atoms with Gasteiger partial charge in [0, 0.05) is 23.3 Å². The molecule has 4 nitrogen and oxygen atoms in total. The quantitative estimate of drug-likeness (QED) is 0.909. The maximum Gasteiger partial charge on any atom is 0.224 e. The van der Waals surface area contributed by atoms with Crippen LogP contribution in [0.2, 0.25) is 0 Å². The third kappa shape index (κ3) is 2.79. The van der Waals surface area contributed by atoms with E-state index in [9.17, 15) is 0 Å². The maximum atomic E-state index is 4.40. The molecule has 0 aliphatic heterocycles. The van der Waals surface area contributed by atoms with E-state index in [2.05, 4.69) is 55.6 Å². The number of hydrogen-bond donors (Lipinski definition) is 2. The summed E-state index contributed by atoms with van der Waals surface area (Å²) >= 11 is 3.54. The Morgan fingerprint density at radius 1 is 1.22 bits per heavy atom. The highest BCUT2D eigenvalue weighted by Crippen LogP contribution is 2.27. The van der Waals surface area contributed by atoms with Crippen LogP contribution in [0.1, 0.15) is 11.1 Å². The van der Waals surface area contributed by atoms with E-state index in [1.54, 1.807) is 13.2 Å². The molecule has 2 aromatic rings. The van der Waals surface area contributed by atoms with Crippen molar-refractivity contribution >= 4 is 33.4 Å². The summed E-state index contributed by atoms with van der Waals surface area (Å²) in [5, 5.41) is 6.23. The molecule has 5 heteroatoms. The Morgan fingerprint density at radius 2 is 2.00 bits per heavy atom. The van der Waals surface area contributed by atoms with Gasteiger partial charge >= 0.3 is 0 Å². The Labute approximate surface area is 115 Å². The van der Waals surface area contributed by atoms with Gasteiger partial charge in [-0.25, -0.2) is 4.98 Å². The third-order valence-corrected chi connectivity index (χ3v) is 3.23. The fourth-order valence-corrected chi connectivity index (χ4v) is 2.13. The molecule has 1 heterocycles. The minimum Gasteiger partial charge on any atom is -0.357 e. The summed E-state index contributed by atoms with van der Waals surface area (Å²) < 4.78 is 1.02. The molecule has 18 heavy (non-hydrogen) atoms. The number of anilines is 3. The predicted molar refractivity (Wildman–Crippen MR) is 78.5 cm³/mol. The van der Waals surface area contributed by atoms with Gasteiger partial charge in [-0.15, -0.1) is 0 Å². The van der Waals surface area contributed by atoms with Crippen molar-refractivity contribution < 1.29 is 0 Å². The molecule has 0 saturated carbocycles. The Kier molecular flexibility index (Phi) is 3.81. The van der Waals surface area contributed by atoms with Gasteiger partial charge in [-0.05, 0) is 47.5 Å². The van der Waals surface area contributed by atoms with Crippen molar-refractivity contribution in [1.82, 2.24) is 9.97 Å². The zero-order chi connectivity index (χ0) is 13.1. The van der Waals surface area contributed by atoms with E-state index >= 15 is 0 Å².